The number of sulfonamides is 1. The first kappa shape index (κ1) is 18.8. The van der Waals surface area contributed by atoms with Crippen molar-refractivity contribution in [3.63, 3.8) is 0 Å². The van der Waals surface area contributed by atoms with E-state index >= 15 is 0 Å². The van der Waals surface area contributed by atoms with Crippen LogP contribution in [0.3, 0.4) is 0 Å². The third kappa shape index (κ3) is 5.20. The number of methoxy groups -OCH3 is 1. The van der Waals surface area contributed by atoms with Gasteiger partial charge in [-0.3, -0.25) is 0 Å². The fourth-order valence-electron chi connectivity index (χ4n) is 2.09. The number of hydrogen-bond donors (Lipinski definition) is 3. The fraction of sp³-hybridized carbons (Fsp3) is 0.235. The molecule has 1 unspecified atom stereocenters. The third-order valence-corrected chi connectivity index (χ3v) is 4.84. The van der Waals surface area contributed by atoms with Crippen molar-refractivity contribution in [3.8, 4) is 5.75 Å². The van der Waals surface area contributed by atoms with E-state index in [1.54, 1.807) is 36.4 Å². The van der Waals surface area contributed by atoms with Gasteiger partial charge in [-0.2, -0.15) is 0 Å². The average Bonchev–Trinajstić information content (AvgIpc) is 2.59. The van der Waals surface area contributed by atoms with Gasteiger partial charge in [0.1, 0.15) is 5.75 Å². The van der Waals surface area contributed by atoms with E-state index in [-0.39, 0.29) is 11.4 Å². The molecule has 2 aromatic carbocycles. The summed E-state index contributed by atoms with van der Waals surface area (Å²) in [5, 5.41) is 12.4. The zero-order valence-corrected chi connectivity index (χ0v) is 14.7. The summed E-state index contributed by atoms with van der Waals surface area (Å²) in [6.07, 6.45) is -0.997. The predicted molar refractivity (Wildman–Crippen MR) is 92.9 cm³/mol. The number of aliphatic hydroxyl groups excluding tert-OH is 1. The van der Waals surface area contributed by atoms with E-state index in [1.165, 1.54) is 19.2 Å². The molecular formula is C17H20N2O5S. The molecule has 25 heavy (non-hydrogen) atoms. The van der Waals surface area contributed by atoms with Crippen molar-refractivity contribution >= 4 is 16.1 Å². The number of carbonyl (C=O) groups excluding carboxylic acids is 1. The molecule has 0 saturated carbocycles. The van der Waals surface area contributed by atoms with Crippen LogP contribution in [0, 0.1) is 6.92 Å². The molecule has 8 heteroatoms. The second-order valence-corrected chi connectivity index (χ2v) is 7.10. The summed E-state index contributed by atoms with van der Waals surface area (Å²) in [5.74, 6) is 0.572. The molecule has 0 saturated heterocycles. The third-order valence-electron chi connectivity index (χ3n) is 3.49. The first-order chi connectivity index (χ1) is 11.8. The minimum atomic E-state index is -3.96. The average molecular weight is 364 g/mol. The monoisotopic (exact) mass is 364 g/mol. The summed E-state index contributed by atoms with van der Waals surface area (Å²) in [5.41, 5.74) is 1.45. The van der Waals surface area contributed by atoms with Gasteiger partial charge in [0.05, 0.1) is 18.1 Å². The van der Waals surface area contributed by atoms with Crippen LogP contribution >= 0.6 is 0 Å². The van der Waals surface area contributed by atoms with Crippen LogP contribution in [-0.2, 0) is 10.0 Å². The Morgan fingerprint density at radius 1 is 1.20 bits per heavy atom. The van der Waals surface area contributed by atoms with Gasteiger partial charge in [-0.15, -0.1) is 0 Å². The maximum absolute atomic E-state index is 12.1. The lowest BCUT2D eigenvalue weighted by molar-refractivity contribution is 0.173. The van der Waals surface area contributed by atoms with E-state index in [1.807, 2.05) is 11.6 Å². The molecule has 0 aliphatic heterocycles. The van der Waals surface area contributed by atoms with Crippen LogP contribution in [0.15, 0.2) is 53.4 Å². The molecule has 0 bridgehead atoms. The molecule has 0 fully saturated rings. The molecule has 2 aromatic rings. The van der Waals surface area contributed by atoms with E-state index in [0.29, 0.717) is 11.3 Å². The van der Waals surface area contributed by atoms with Crippen LogP contribution in [0.2, 0.25) is 0 Å². The van der Waals surface area contributed by atoms with E-state index in [9.17, 15) is 18.3 Å². The van der Waals surface area contributed by atoms with E-state index < -0.39 is 22.2 Å². The second-order valence-electron chi connectivity index (χ2n) is 5.42. The Labute approximate surface area is 146 Å². The van der Waals surface area contributed by atoms with Crippen LogP contribution < -0.4 is 14.8 Å². The molecule has 0 aliphatic rings. The van der Waals surface area contributed by atoms with Crippen LogP contribution in [0.25, 0.3) is 0 Å². The molecule has 134 valence electrons. The summed E-state index contributed by atoms with van der Waals surface area (Å²) in [4.78, 5) is 11.8. The van der Waals surface area contributed by atoms with Crippen LogP contribution in [-0.4, -0.2) is 33.2 Å². The Kier molecular flexibility index (Phi) is 6.00. The van der Waals surface area contributed by atoms with Gasteiger partial charge >= 0.3 is 6.03 Å². The summed E-state index contributed by atoms with van der Waals surface area (Å²) in [6, 6.07) is 11.9. The molecule has 3 N–H and O–H groups in total. The molecule has 2 rings (SSSR count). The molecule has 0 spiro atoms. The highest BCUT2D eigenvalue weighted by Gasteiger charge is 2.18. The smallest absolute Gasteiger partial charge is 0.328 e. The van der Waals surface area contributed by atoms with Crippen molar-refractivity contribution in [2.24, 2.45) is 0 Å². The number of aliphatic hydroxyl groups is 1. The van der Waals surface area contributed by atoms with Gasteiger partial charge in [-0.25, -0.2) is 17.9 Å². The fourth-order valence-corrected chi connectivity index (χ4v) is 3.02. The number of urea groups is 1. The summed E-state index contributed by atoms with van der Waals surface area (Å²) in [6.45, 7) is 1.68. The zero-order valence-electron chi connectivity index (χ0n) is 13.9. The maximum Gasteiger partial charge on any atom is 0.328 e. The Morgan fingerprint density at radius 3 is 2.52 bits per heavy atom. The van der Waals surface area contributed by atoms with Gasteiger partial charge in [-0.1, -0.05) is 29.8 Å². The predicted octanol–water partition coefficient (Wildman–Crippen LogP) is 1.73. The summed E-state index contributed by atoms with van der Waals surface area (Å²) in [7, 11) is -2.46. The Balaban J connectivity index is 1.94. The number of carbonyl (C=O) groups is 1. The largest absolute Gasteiger partial charge is 0.497 e. The topological polar surface area (TPSA) is 105 Å². The molecule has 7 nitrogen and oxygen atoms in total. The van der Waals surface area contributed by atoms with Crippen LogP contribution in [0.4, 0.5) is 4.79 Å². The summed E-state index contributed by atoms with van der Waals surface area (Å²) >= 11 is 0. The molecule has 2 amide bonds. The lowest BCUT2D eigenvalue weighted by Crippen LogP contribution is -2.41. The van der Waals surface area contributed by atoms with Gasteiger partial charge in [0.15, 0.2) is 0 Å². The molecular weight excluding hydrogens is 344 g/mol. The number of nitrogens with one attached hydrogen (secondary N) is 2. The number of hydrogen-bond acceptors (Lipinski definition) is 5. The first-order valence-electron chi connectivity index (χ1n) is 7.51. The highest BCUT2D eigenvalue weighted by molar-refractivity contribution is 7.90. The second kappa shape index (κ2) is 8.00. The Morgan fingerprint density at radius 2 is 1.88 bits per heavy atom. The normalized spacial score (nSPS) is 12.3. The Hall–Kier alpha value is -2.58. The highest BCUT2D eigenvalue weighted by atomic mass is 32.2. The maximum atomic E-state index is 12.1. The molecule has 0 aliphatic carbocycles. The lowest BCUT2D eigenvalue weighted by Gasteiger charge is -2.14. The number of aryl methyl sites for hydroxylation is 1. The van der Waals surface area contributed by atoms with Gasteiger partial charge in [0.2, 0.25) is 0 Å². The van der Waals surface area contributed by atoms with Crippen molar-refractivity contribution in [2.75, 3.05) is 13.7 Å². The highest BCUT2D eigenvalue weighted by Crippen LogP contribution is 2.18. The van der Waals surface area contributed by atoms with Crippen molar-refractivity contribution in [1.82, 2.24) is 10.0 Å². The van der Waals surface area contributed by atoms with Crippen molar-refractivity contribution in [3.05, 3.63) is 59.7 Å². The molecule has 0 heterocycles. The van der Waals surface area contributed by atoms with E-state index in [2.05, 4.69) is 5.32 Å². The zero-order chi connectivity index (χ0) is 18.4. The van der Waals surface area contributed by atoms with E-state index in [4.69, 9.17) is 4.74 Å². The van der Waals surface area contributed by atoms with Gasteiger partial charge in [0, 0.05) is 6.54 Å². The number of amides is 2. The van der Waals surface area contributed by atoms with Crippen molar-refractivity contribution < 1.29 is 23.1 Å². The lowest BCUT2D eigenvalue weighted by atomic mass is 10.1. The minimum Gasteiger partial charge on any atom is -0.497 e. The van der Waals surface area contributed by atoms with Crippen LogP contribution in [0.5, 0.6) is 5.75 Å². The number of rotatable bonds is 6. The molecule has 0 aromatic heterocycles. The van der Waals surface area contributed by atoms with Crippen LogP contribution in [0.1, 0.15) is 17.2 Å². The number of ether oxygens (including phenoxy) is 1. The summed E-state index contributed by atoms with van der Waals surface area (Å²) < 4.78 is 31.2. The Bertz CT molecular complexity index is 834. The van der Waals surface area contributed by atoms with E-state index in [0.717, 1.165) is 5.56 Å². The quantitative estimate of drug-likeness (QED) is 0.724. The standard InChI is InChI=1S/C17H20N2O5S/c1-12-6-8-15(9-7-12)25(22,23)19-17(21)18-11-16(20)13-4-3-5-14(10-13)24-2/h3-10,16,20H,11H2,1-2H3,(H2,18,19,21). The molecule has 1 atom stereocenters. The minimum absolute atomic E-state index is 0.0124. The van der Waals surface area contributed by atoms with Crippen molar-refractivity contribution in [2.45, 2.75) is 17.9 Å². The number of benzene rings is 2. The van der Waals surface area contributed by atoms with Crippen molar-refractivity contribution in [1.29, 1.82) is 0 Å². The van der Waals surface area contributed by atoms with Gasteiger partial charge in [0.25, 0.3) is 10.0 Å². The van der Waals surface area contributed by atoms with Gasteiger partial charge < -0.3 is 15.2 Å². The SMILES string of the molecule is COc1cccc(C(O)CNC(=O)NS(=O)(=O)c2ccc(C)cc2)c1. The van der Waals surface area contributed by atoms with Gasteiger partial charge in [-0.05, 0) is 36.8 Å². The first-order valence-corrected chi connectivity index (χ1v) is 8.99. The molecule has 0 radical (unpaired) electrons.